The number of aliphatic hydroxyl groups excluding tert-OH is 1. The zero-order valence-corrected chi connectivity index (χ0v) is 11.5. The molecule has 2 rings (SSSR count). The topological polar surface area (TPSA) is 20.2 Å². The van der Waals surface area contributed by atoms with Crippen molar-refractivity contribution in [1.29, 1.82) is 0 Å². The Labute approximate surface area is 114 Å². The Bertz CT molecular complexity index is 544. The molecule has 2 nitrogen and oxygen atoms in total. The summed E-state index contributed by atoms with van der Waals surface area (Å²) in [6, 6.07) is 19.9. The van der Waals surface area contributed by atoms with Gasteiger partial charge in [0.1, 0.15) is 12.7 Å². The van der Waals surface area contributed by atoms with Gasteiger partial charge in [-0.25, -0.2) is 0 Å². The van der Waals surface area contributed by atoms with Gasteiger partial charge in [-0.15, -0.1) is 0 Å². The van der Waals surface area contributed by atoms with Crippen LogP contribution in [0.2, 0.25) is 0 Å². The second-order valence-corrected chi connectivity index (χ2v) is 5.30. The van der Waals surface area contributed by atoms with Crippen LogP contribution in [0.5, 0.6) is 0 Å². The Hall–Kier alpha value is -2.06. The molecule has 2 aromatic carbocycles. The van der Waals surface area contributed by atoms with Crippen LogP contribution in [-0.4, -0.2) is 23.7 Å². The zero-order chi connectivity index (χ0) is 13.7. The first-order valence-electron chi connectivity index (χ1n) is 6.41. The molecule has 0 aliphatic rings. The van der Waals surface area contributed by atoms with Crippen molar-refractivity contribution in [2.24, 2.45) is 0 Å². The van der Waals surface area contributed by atoms with Crippen molar-refractivity contribution >= 4 is 5.76 Å². The van der Waals surface area contributed by atoms with Gasteiger partial charge < -0.3 is 5.11 Å². The Balaban J connectivity index is 2.16. The summed E-state index contributed by atoms with van der Waals surface area (Å²) in [6.07, 6.45) is 1.88. The van der Waals surface area contributed by atoms with Crippen LogP contribution in [0.3, 0.4) is 0 Å². The minimum atomic E-state index is 0.321. The maximum Gasteiger partial charge on any atom is 0.176 e. The van der Waals surface area contributed by atoms with Crippen LogP contribution in [0.4, 0.5) is 0 Å². The molecule has 0 saturated heterocycles. The molecule has 0 amide bonds. The first kappa shape index (κ1) is 13.4. The van der Waals surface area contributed by atoms with E-state index in [-0.39, 0.29) is 0 Å². The molecule has 1 N–H and O–H groups in total. The largest absolute Gasteiger partial charge is 0.503 e. The summed E-state index contributed by atoms with van der Waals surface area (Å²) < 4.78 is 0.602. The van der Waals surface area contributed by atoms with Gasteiger partial charge in [0.2, 0.25) is 0 Å². The maximum absolute atomic E-state index is 10.2. The first-order valence-corrected chi connectivity index (χ1v) is 6.41. The molecule has 0 unspecified atom stereocenters. The first-order chi connectivity index (χ1) is 9.07. The quantitative estimate of drug-likeness (QED) is 0.649. The van der Waals surface area contributed by atoms with Crippen LogP contribution >= 0.6 is 0 Å². The molecule has 0 aromatic heterocycles. The highest BCUT2D eigenvalue weighted by Gasteiger charge is 2.15. The minimum Gasteiger partial charge on any atom is -0.503 e. The van der Waals surface area contributed by atoms with E-state index in [1.807, 2.05) is 54.7 Å². The van der Waals surface area contributed by atoms with Crippen LogP contribution < -0.4 is 0 Å². The molecule has 0 saturated carbocycles. The zero-order valence-electron chi connectivity index (χ0n) is 11.5. The Morgan fingerprint density at radius 2 is 1.47 bits per heavy atom. The van der Waals surface area contributed by atoms with E-state index in [0.717, 1.165) is 12.1 Å². The fraction of sp³-hybridized carbons (Fsp3) is 0.176. The van der Waals surface area contributed by atoms with Crippen molar-refractivity contribution in [2.45, 2.75) is 6.54 Å². The number of hydrogen-bond acceptors (Lipinski definition) is 1. The van der Waals surface area contributed by atoms with E-state index in [4.69, 9.17) is 0 Å². The lowest BCUT2D eigenvalue weighted by atomic mass is 10.1. The summed E-state index contributed by atoms with van der Waals surface area (Å²) >= 11 is 0. The third kappa shape index (κ3) is 3.97. The summed E-state index contributed by atoms with van der Waals surface area (Å²) in [5, 5.41) is 10.2. The van der Waals surface area contributed by atoms with Crippen LogP contribution in [-0.2, 0) is 6.54 Å². The van der Waals surface area contributed by atoms with Crippen molar-refractivity contribution < 1.29 is 9.59 Å². The van der Waals surface area contributed by atoms with Crippen LogP contribution in [0, 0.1) is 0 Å². The molecule has 0 atom stereocenters. The lowest BCUT2D eigenvalue weighted by molar-refractivity contribution is -0.852. The SMILES string of the molecule is C[N+](C)(/C=C(\O)c1ccccc1)Cc1ccccc1. The molecule has 0 aliphatic carbocycles. The third-order valence-electron chi connectivity index (χ3n) is 2.97. The number of nitrogens with zero attached hydrogens (tertiary/aromatic N) is 1. The Kier molecular flexibility index (Phi) is 4.03. The number of quaternary nitrogens is 1. The third-order valence-corrected chi connectivity index (χ3v) is 2.97. The summed E-state index contributed by atoms with van der Waals surface area (Å²) in [4.78, 5) is 0. The summed E-state index contributed by atoms with van der Waals surface area (Å²) in [5.74, 6) is 0.321. The molecule has 19 heavy (non-hydrogen) atoms. The lowest BCUT2D eigenvalue weighted by Gasteiger charge is -2.25. The fourth-order valence-corrected chi connectivity index (χ4v) is 2.11. The van der Waals surface area contributed by atoms with E-state index in [1.165, 1.54) is 5.56 Å². The summed E-state index contributed by atoms with van der Waals surface area (Å²) in [5.41, 5.74) is 2.10. The molecule has 98 valence electrons. The maximum atomic E-state index is 10.2. The lowest BCUT2D eigenvalue weighted by Crippen LogP contribution is -2.32. The van der Waals surface area contributed by atoms with E-state index in [1.54, 1.807) is 0 Å². The van der Waals surface area contributed by atoms with E-state index in [2.05, 4.69) is 26.2 Å². The molecule has 2 aromatic rings. The van der Waals surface area contributed by atoms with E-state index in [9.17, 15) is 5.11 Å². The second kappa shape index (κ2) is 5.72. The van der Waals surface area contributed by atoms with Gasteiger partial charge in [0.25, 0.3) is 0 Å². The molecular formula is C17H20NO+. The van der Waals surface area contributed by atoms with Gasteiger partial charge in [0.15, 0.2) is 5.76 Å². The molecular weight excluding hydrogens is 234 g/mol. The van der Waals surface area contributed by atoms with Gasteiger partial charge >= 0.3 is 0 Å². The average Bonchev–Trinajstić information content (AvgIpc) is 2.39. The van der Waals surface area contributed by atoms with Gasteiger partial charge in [-0.2, -0.15) is 0 Å². The van der Waals surface area contributed by atoms with Crippen molar-refractivity contribution in [1.82, 2.24) is 0 Å². The number of rotatable bonds is 4. The average molecular weight is 254 g/mol. The highest BCUT2D eigenvalue weighted by atomic mass is 16.3. The molecule has 0 fully saturated rings. The van der Waals surface area contributed by atoms with Gasteiger partial charge in [-0.1, -0.05) is 60.7 Å². The highest BCUT2D eigenvalue weighted by molar-refractivity contribution is 5.56. The predicted molar refractivity (Wildman–Crippen MR) is 79.3 cm³/mol. The van der Waals surface area contributed by atoms with E-state index < -0.39 is 0 Å². The predicted octanol–water partition coefficient (Wildman–Crippen LogP) is 3.82. The van der Waals surface area contributed by atoms with E-state index >= 15 is 0 Å². The van der Waals surface area contributed by atoms with Crippen LogP contribution in [0.25, 0.3) is 5.76 Å². The Morgan fingerprint density at radius 1 is 0.947 bits per heavy atom. The molecule has 0 heterocycles. The number of benzene rings is 2. The second-order valence-electron chi connectivity index (χ2n) is 5.30. The van der Waals surface area contributed by atoms with Gasteiger partial charge in [-0.05, 0) is 0 Å². The van der Waals surface area contributed by atoms with Gasteiger partial charge in [0.05, 0.1) is 14.1 Å². The Morgan fingerprint density at radius 3 is 2.05 bits per heavy atom. The van der Waals surface area contributed by atoms with Crippen molar-refractivity contribution in [2.75, 3.05) is 14.1 Å². The standard InChI is InChI=1S/C17H19NO/c1-18(2,13-15-9-5-3-6-10-15)14-17(19)16-11-7-4-8-12-16/h3-12,14H,13H2,1-2H3/p+1/b17-14-. The number of aliphatic hydroxyl groups is 1. The normalized spacial score (nSPS) is 12.4. The summed E-state index contributed by atoms with van der Waals surface area (Å²) in [6.45, 7) is 0.845. The van der Waals surface area contributed by atoms with Crippen molar-refractivity contribution in [3.63, 3.8) is 0 Å². The molecule has 2 heteroatoms. The van der Waals surface area contributed by atoms with Crippen molar-refractivity contribution in [3.05, 3.63) is 78.0 Å². The smallest absolute Gasteiger partial charge is 0.176 e. The van der Waals surface area contributed by atoms with Gasteiger partial charge in [-0.3, -0.25) is 4.48 Å². The van der Waals surface area contributed by atoms with E-state index in [0.29, 0.717) is 10.2 Å². The van der Waals surface area contributed by atoms with Crippen LogP contribution in [0.1, 0.15) is 11.1 Å². The molecule has 0 bridgehead atoms. The fourth-order valence-electron chi connectivity index (χ4n) is 2.11. The minimum absolute atomic E-state index is 0.321. The monoisotopic (exact) mass is 254 g/mol. The molecule has 0 aliphatic heterocycles. The molecule has 0 spiro atoms. The molecule has 0 radical (unpaired) electrons. The van der Waals surface area contributed by atoms with Crippen molar-refractivity contribution in [3.8, 4) is 0 Å². The number of hydrogen-bond donors (Lipinski definition) is 1. The van der Waals surface area contributed by atoms with Crippen LogP contribution in [0.15, 0.2) is 66.9 Å². The summed E-state index contributed by atoms with van der Waals surface area (Å²) in [7, 11) is 4.15. The highest BCUT2D eigenvalue weighted by Crippen LogP contribution is 2.16. The van der Waals surface area contributed by atoms with Gasteiger partial charge in [0, 0.05) is 11.1 Å².